The normalized spacial score (nSPS) is 11.2. The summed E-state index contributed by atoms with van der Waals surface area (Å²) in [4.78, 5) is 19.1. The van der Waals surface area contributed by atoms with E-state index in [-0.39, 0.29) is 18.3 Å². The minimum atomic E-state index is -0.273. The quantitative estimate of drug-likeness (QED) is 0.384. The molecule has 0 radical (unpaired) electrons. The van der Waals surface area contributed by atoms with Gasteiger partial charge in [0.05, 0.1) is 10.2 Å². The Kier molecular flexibility index (Phi) is 7.32. The van der Waals surface area contributed by atoms with Crippen molar-refractivity contribution in [2.45, 2.75) is 13.0 Å². The van der Waals surface area contributed by atoms with E-state index < -0.39 is 0 Å². The maximum absolute atomic E-state index is 13.3. The van der Waals surface area contributed by atoms with Crippen molar-refractivity contribution in [3.63, 3.8) is 0 Å². The van der Waals surface area contributed by atoms with Gasteiger partial charge in [0.15, 0.2) is 6.61 Å². The van der Waals surface area contributed by atoms with Crippen LogP contribution >= 0.6 is 11.3 Å². The minimum Gasteiger partial charge on any atom is -0.483 e. The predicted octanol–water partition coefficient (Wildman–Crippen LogP) is 4.90. The minimum absolute atomic E-state index is 0.0793. The molecule has 0 saturated carbocycles. The van der Waals surface area contributed by atoms with Gasteiger partial charge in [0.1, 0.15) is 16.6 Å². The number of amides is 1. The third-order valence-corrected chi connectivity index (χ3v) is 6.16. The molecule has 7 heteroatoms. The number of carbonyl (C=O) groups is 1. The second-order valence-electron chi connectivity index (χ2n) is 8.07. The molecule has 0 fully saturated rings. The highest BCUT2D eigenvalue weighted by atomic mass is 32.1. The molecule has 0 atom stereocenters. The summed E-state index contributed by atoms with van der Waals surface area (Å²) in [6.07, 6.45) is 0.562. The van der Waals surface area contributed by atoms with E-state index in [0.29, 0.717) is 25.3 Å². The Morgan fingerprint density at radius 1 is 1.09 bits per heavy atom. The van der Waals surface area contributed by atoms with Crippen LogP contribution in [0.5, 0.6) is 5.75 Å². The fourth-order valence-corrected chi connectivity index (χ4v) is 4.51. The van der Waals surface area contributed by atoms with Gasteiger partial charge >= 0.3 is 0 Å². The van der Waals surface area contributed by atoms with E-state index in [9.17, 15) is 9.18 Å². The van der Waals surface area contributed by atoms with Crippen LogP contribution in [0, 0.1) is 5.82 Å². The molecular weight excluding hydrogens is 437 g/mol. The van der Waals surface area contributed by atoms with E-state index in [1.165, 1.54) is 12.1 Å². The molecular formula is C26H26FN3O2S. The largest absolute Gasteiger partial charge is 0.483 e. The summed E-state index contributed by atoms with van der Waals surface area (Å²) >= 11 is 1.66. The molecule has 0 bridgehead atoms. The van der Waals surface area contributed by atoms with Crippen LogP contribution in [0.1, 0.15) is 11.1 Å². The van der Waals surface area contributed by atoms with Gasteiger partial charge in [-0.25, -0.2) is 9.37 Å². The summed E-state index contributed by atoms with van der Waals surface area (Å²) in [5.41, 5.74) is 3.85. The number of ether oxygens (including phenoxy) is 1. The van der Waals surface area contributed by atoms with Gasteiger partial charge in [-0.1, -0.05) is 24.3 Å². The Labute approximate surface area is 196 Å². The van der Waals surface area contributed by atoms with E-state index in [1.807, 2.05) is 50.5 Å². The van der Waals surface area contributed by atoms with Crippen LogP contribution in [0.4, 0.5) is 4.39 Å². The molecule has 5 nitrogen and oxygen atoms in total. The standard InChI is InChI=1S/C26H26FN3O2S/c1-30(2)16-20-15-19(26-29-22-8-3-4-9-24(22)33-26)10-11-23(20)32-17-25(31)28-13-12-18-6-5-7-21(27)14-18/h3-11,14-15H,12-13,16-17H2,1-2H3,(H,28,31). The molecule has 1 N–H and O–H groups in total. The van der Waals surface area contributed by atoms with E-state index in [1.54, 1.807) is 17.4 Å². The molecule has 1 aromatic heterocycles. The molecule has 0 aliphatic rings. The smallest absolute Gasteiger partial charge is 0.257 e. The van der Waals surface area contributed by atoms with Crippen LogP contribution in [0.25, 0.3) is 20.8 Å². The zero-order chi connectivity index (χ0) is 23.2. The number of carbonyl (C=O) groups excluding carboxylic acids is 1. The number of para-hydroxylation sites is 1. The number of nitrogens with zero attached hydrogens (tertiary/aromatic N) is 2. The number of hydrogen-bond donors (Lipinski definition) is 1. The first-order valence-electron chi connectivity index (χ1n) is 10.8. The Bertz CT molecular complexity index is 1220. The van der Waals surface area contributed by atoms with Crippen molar-refractivity contribution in [1.82, 2.24) is 15.2 Å². The van der Waals surface area contributed by atoms with Crippen molar-refractivity contribution < 1.29 is 13.9 Å². The van der Waals surface area contributed by atoms with E-state index in [2.05, 4.69) is 22.3 Å². The summed E-state index contributed by atoms with van der Waals surface area (Å²) in [6, 6.07) is 20.4. The second kappa shape index (κ2) is 10.6. The predicted molar refractivity (Wildman–Crippen MR) is 131 cm³/mol. The number of thiazole rings is 1. The van der Waals surface area contributed by atoms with Crippen molar-refractivity contribution in [2.75, 3.05) is 27.2 Å². The second-order valence-corrected chi connectivity index (χ2v) is 9.10. The molecule has 0 unspecified atom stereocenters. The highest BCUT2D eigenvalue weighted by Gasteiger charge is 2.12. The summed E-state index contributed by atoms with van der Waals surface area (Å²) in [7, 11) is 3.99. The van der Waals surface area contributed by atoms with Crippen molar-refractivity contribution in [2.24, 2.45) is 0 Å². The van der Waals surface area contributed by atoms with Crippen LogP contribution < -0.4 is 10.1 Å². The number of hydrogen-bond acceptors (Lipinski definition) is 5. The zero-order valence-corrected chi connectivity index (χ0v) is 19.5. The average molecular weight is 464 g/mol. The van der Waals surface area contributed by atoms with Crippen molar-refractivity contribution >= 4 is 27.5 Å². The lowest BCUT2D eigenvalue weighted by molar-refractivity contribution is -0.123. The first-order chi connectivity index (χ1) is 16.0. The lowest BCUT2D eigenvalue weighted by Gasteiger charge is -2.16. The number of aromatic nitrogens is 1. The maximum Gasteiger partial charge on any atom is 0.257 e. The molecule has 4 aromatic rings. The van der Waals surface area contributed by atoms with Crippen LogP contribution in [0.15, 0.2) is 66.7 Å². The Hall–Kier alpha value is -3.29. The van der Waals surface area contributed by atoms with Gasteiger partial charge in [0, 0.05) is 24.2 Å². The fourth-order valence-electron chi connectivity index (χ4n) is 3.55. The Morgan fingerprint density at radius 3 is 2.73 bits per heavy atom. The zero-order valence-electron chi connectivity index (χ0n) is 18.7. The first-order valence-corrected chi connectivity index (χ1v) is 11.6. The van der Waals surface area contributed by atoms with Crippen LogP contribution in [0.2, 0.25) is 0 Å². The Balaban J connectivity index is 1.40. The van der Waals surface area contributed by atoms with Crippen molar-refractivity contribution in [3.05, 3.63) is 83.7 Å². The third-order valence-electron chi connectivity index (χ3n) is 5.07. The monoisotopic (exact) mass is 463 g/mol. The molecule has 1 heterocycles. The fraction of sp³-hybridized carbons (Fsp3) is 0.231. The maximum atomic E-state index is 13.3. The van der Waals surface area contributed by atoms with Crippen molar-refractivity contribution in [3.8, 4) is 16.3 Å². The molecule has 0 spiro atoms. The molecule has 0 aliphatic carbocycles. The molecule has 0 aliphatic heterocycles. The average Bonchev–Trinajstić information content (AvgIpc) is 3.22. The summed E-state index contributed by atoms with van der Waals surface area (Å²) < 4.78 is 20.3. The first kappa shape index (κ1) is 22.9. The van der Waals surface area contributed by atoms with Crippen LogP contribution in [0.3, 0.4) is 0 Å². The molecule has 0 saturated heterocycles. The number of halogens is 1. The molecule has 33 heavy (non-hydrogen) atoms. The Morgan fingerprint density at radius 2 is 1.94 bits per heavy atom. The summed E-state index contributed by atoms with van der Waals surface area (Å²) in [5, 5.41) is 3.78. The van der Waals surface area contributed by atoms with Gasteiger partial charge in [-0.2, -0.15) is 0 Å². The lowest BCUT2D eigenvalue weighted by Crippen LogP contribution is -2.30. The summed E-state index contributed by atoms with van der Waals surface area (Å²) in [6.45, 7) is 1.02. The number of rotatable bonds is 9. The van der Waals surface area contributed by atoms with Gasteiger partial charge in [-0.05, 0) is 68.5 Å². The highest BCUT2D eigenvalue weighted by molar-refractivity contribution is 7.21. The van der Waals surface area contributed by atoms with Gasteiger partial charge in [0.25, 0.3) is 5.91 Å². The number of nitrogens with one attached hydrogen (secondary N) is 1. The van der Waals surface area contributed by atoms with Gasteiger partial charge < -0.3 is 15.0 Å². The SMILES string of the molecule is CN(C)Cc1cc(-c2nc3ccccc3s2)ccc1OCC(=O)NCCc1cccc(F)c1. The van der Waals surface area contributed by atoms with Gasteiger partial charge in [-0.15, -0.1) is 11.3 Å². The van der Waals surface area contributed by atoms with Crippen molar-refractivity contribution in [1.29, 1.82) is 0 Å². The molecule has 3 aromatic carbocycles. The van der Waals surface area contributed by atoms with E-state index >= 15 is 0 Å². The van der Waals surface area contributed by atoms with Gasteiger partial charge in [0.2, 0.25) is 0 Å². The number of fused-ring (bicyclic) bond motifs is 1. The van der Waals surface area contributed by atoms with E-state index in [4.69, 9.17) is 9.72 Å². The van der Waals surface area contributed by atoms with Gasteiger partial charge in [-0.3, -0.25) is 4.79 Å². The summed E-state index contributed by atoms with van der Waals surface area (Å²) in [5.74, 6) is 0.191. The van der Waals surface area contributed by atoms with Crippen LogP contribution in [-0.4, -0.2) is 43.0 Å². The lowest BCUT2D eigenvalue weighted by atomic mass is 10.1. The topological polar surface area (TPSA) is 54.5 Å². The van der Waals surface area contributed by atoms with E-state index in [0.717, 1.165) is 31.9 Å². The third kappa shape index (κ3) is 6.15. The van der Waals surface area contributed by atoms with Crippen LogP contribution in [-0.2, 0) is 17.8 Å². The number of benzene rings is 3. The molecule has 1 amide bonds. The molecule has 4 rings (SSSR count). The highest BCUT2D eigenvalue weighted by Crippen LogP contribution is 2.33. The molecule has 170 valence electrons.